The second-order valence-corrected chi connectivity index (χ2v) is 7.52. The number of carbonyl (C=O) groups is 2. The van der Waals surface area contributed by atoms with Crippen LogP contribution in [0.25, 0.3) is 0 Å². The lowest BCUT2D eigenvalue weighted by molar-refractivity contribution is -0.0826. The summed E-state index contributed by atoms with van der Waals surface area (Å²) in [7, 11) is 0. The average molecular weight is 312 g/mol. The molecule has 0 spiro atoms. The smallest absolute Gasteiger partial charge is 0.430 e. The summed E-state index contributed by atoms with van der Waals surface area (Å²) in [5.41, 5.74) is -1.28. The van der Waals surface area contributed by atoms with E-state index in [1.807, 2.05) is 26.0 Å². The summed E-state index contributed by atoms with van der Waals surface area (Å²) in [6.07, 6.45) is 2.61. The zero-order valence-electron chi connectivity index (χ0n) is 14.8. The van der Waals surface area contributed by atoms with Crippen LogP contribution in [0.5, 0.6) is 0 Å². The highest BCUT2D eigenvalue weighted by atomic mass is 16.6. The fraction of sp³-hybridized carbons (Fsp3) is 0.750. The lowest BCUT2D eigenvalue weighted by Gasteiger charge is -2.43. The predicted molar refractivity (Wildman–Crippen MR) is 84.2 cm³/mol. The van der Waals surface area contributed by atoms with Gasteiger partial charge < -0.3 is 9.47 Å². The van der Waals surface area contributed by atoms with Crippen LogP contribution in [0, 0.1) is 0 Å². The number of nitrogens with zero attached hydrogens (tertiary/aromatic N) is 2. The van der Waals surface area contributed by atoms with Gasteiger partial charge in [0.05, 0.1) is 12.1 Å². The van der Waals surface area contributed by atoms with Crippen LogP contribution in [0.4, 0.5) is 9.59 Å². The van der Waals surface area contributed by atoms with E-state index in [0.717, 1.165) is 0 Å². The lowest BCUT2D eigenvalue weighted by atomic mass is 10.1. The van der Waals surface area contributed by atoms with Crippen molar-refractivity contribution in [1.29, 1.82) is 0 Å². The number of amides is 2. The first kappa shape index (κ1) is 18.3. The molecule has 1 heterocycles. The van der Waals surface area contributed by atoms with Crippen LogP contribution >= 0.6 is 0 Å². The molecule has 6 heteroatoms. The van der Waals surface area contributed by atoms with Gasteiger partial charge in [-0.3, -0.25) is 0 Å². The largest absolute Gasteiger partial charge is 0.442 e. The summed E-state index contributed by atoms with van der Waals surface area (Å²) in [6, 6.07) is -0.586. The number of ether oxygens (including phenoxy) is 2. The Labute approximate surface area is 133 Å². The third kappa shape index (κ3) is 4.93. The van der Waals surface area contributed by atoms with Crippen molar-refractivity contribution in [2.75, 3.05) is 0 Å². The molecule has 126 valence electrons. The number of rotatable bonds is 0. The molecule has 1 aliphatic heterocycles. The van der Waals surface area contributed by atoms with Crippen LogP contribution in [-0.4, -0.2) is 45.5 Å². The summed E-state index contributed by atoms with van der Waals surface area (Å²) in [6.45, 7) is 14.4. The minimum Gasteiger partial charge on any atom is -0.442 e. The first-order chi connectivity index (χ1) is 9.82. The maximum atomic E-state index is 12.5. The van der Waals surface area contributed by atoms with Crippen molar-refractivity contribution in [3.05, 3.63) is 12.2 Å². The molecule has 2 unspecified atom stereocenters. The summed E-state index contributed by atoms with van der Waals surface area (Å²) < 4.78 is 10.8. The van der Waals surface area contributed by atoms with E-state index in [9.17, 15) is 9.59 Å². The summed E-state index contributed by atoms with van der Waals surface area (Å²) in [5, 5.41) is 2.62. The third-order valence-electron chi connectivity index (χ3n) is 2.83. The predicted octanol–water partition coefficient (Wildman–Crippen LogP) is 3.72. The summed E-state index contributed by atoms with van der Waals surface area (Å²) in [4.78, 5) is 24.9. The van der Waals surface area contributed by atoms with Crippen molar-refractivity contribution in [3.8, 4) is 0 Å². The Morgan fingerprint density at radius 3 is 1.27 bits per heavy atom. The van der Waals surface area contributed by atoms with Gasteiger partial charge in [0.1, 0.15) is 11.2 Å². The van der Waals surface area contributed by atoms with E-state index in [1.54, 1.807) is 41.5 Å². The Hall–Kier alpha value is -1.72. The Bertz CT molecular complexity index is 418. The molecule has 0 N–H and O–H groups in total. The van der Waals surface area contributed by atoms with Gasteiger partial charge in [0.2, 0.25) is 0 Å². The molecule has 0 fully saturated rings. The van der Waals surface area contributed by atoms with Crippen LogP contribution in [0.1, 0.15) is 55.4 Å². The van der Waals surface area contributed by atoms with Gasteiger partial charge in [0.15, 0.2) is 0 Å². The number of carbonyl (C=O) groups excluding carboxylic acids is 2. The van der Waals surface area contributed by atoms with E-state index >= 15 is 0 Å². The topological polar surface area (TPSA) is 59.1 Å². The van der Waals surface area contributed by atoms with Crippen molar-refractivity contribution in [2.24, 2.45) is 0 Å². The maximum Gasteiger partial charge on any atom is 0.430 e. The van der Waals surface area contributed by atoms with Gasteiger partial charge in [-0.1, -0.05) is 12.2 Å². The van der Waals surface area contributed by atoms with Gasteiger partial charge in [0.25, 0.3) is 0 Å². The molecule has 0 aliphatic carbocycles. The van der Waals surface area contributed by atoms with Gasteiger partial charge in [-0.25, -0.2) is 19.6 Å². The molecule has 0 saturated carbocycles. The second-order valence-electron chi connectivity index (χ2n) is 7.52. The number of hydrazine groups is 1. The zero-order valence-corrected chi connectivity index (χ0v) is 14.8. The molecule has 0 radical (unpaired) electrons. The lowest BCUT2D eigenvalue weighted by Crippen LogP contribution is -2.60. The summed E-state index contributed by atoms with van der Waals surface area (Å²) in [5.74, 6) is 0. The normalized spacial score (nSPS) is 22.5. The SMILES string of the molecule is CC1C=CC(C)N(C(=O)OC(C)(C)C)N1C(=O)OC(C)(C)C. The maximum absolute atomic E-state index is 12.5. The molecule has 2 amide bonds. The standard InChI is InChI=1S/C16H28N2O4/c1-11-9-10-12(2)18(14(20)22-16(6,7)8)17(11)13(19)21-15(3,4)5/h9-12H,1-8H3. The minimum absolute atomic E-state index is 0.293. The molecule has 1 rings (SSSR count). The first-order valence-electron chi connectivity index (χ1n) is 7.54. The van der Waals surface area contributed by atoms with Crippen molar-refractivity contribution in [3.63, 3.8) is 0 Å². The summed E-state index contributed by atoms with van der Waals surface area (Å²) >= 11 is 0. The van der Waals surface area contributed by atoms with Crippen LogP contribution in [0.3, 0.4) is 0 Å². The zero-order chi connectivity index (χ0) is 17.3. The van der Waals surface area contributed by atoms with E-state index in [0.29, 0.717) is 0 Å². The molecule has 6 nitrogen and oxygen atoms in total. The Morgan fingerprint density at radius 1 is 0.773 bits per heavy atom. The second kappa shape index (κ2) is 6.18. The fourth-order valence-electron chi connectivity index (χ4n) is 2.00. The van der Waals surface area contributed by atoms with E-state index in [1.165, 1.54) is 10.0 Å². The van der Waals surface area contributed by atoms with Gasteiger partial charge >= 0.3 is 12.2 Å². The van der Waals surface area contributed by atoms with E-state index in [2.05, 4.69) is 0 Å². The number of hydrogen-bond acceptors (Lipinski definition) is 4. The fourth-order valence-corrected chi connectivity index (χ4v) is 2.00. The first-order valence-corrected chi connectivity index (χ1v) is 7.54. The van der Waals surface area contributed by atoms with Gasteiger partial charge in [-0.05, 0) is 55.4 Å². The van der Waals surface area contributed by atoms with Crippen LogP contribution in [0.15, 0.2) is 12.2 Å². The average Bonchev–Trinajstić information content (AvgIpc) is 2.26. The molecular weight excluding hydrogens is 284 g/mol. The van der Waals surface area contributed by atoms with Gasteiger partial charge in [-0.15, -0.1) is 0 Å². The Balaban J connectivity index is 3.05. The Morgan fingerprint density at radius 2 is 1.05 bits per heavy atom. The molecule has 0 aromatic carbocycles. The van der Waals surface area contributed by atoms with Crippen molar-refractivity contribution < 1.29 is 19.1 Å². The molecule has 0 aromatic rings. The molecule has 0 saturated heterocycles. The monoisotopic (exact) mass is 312 g/mol. The van der Waals surface area contributed by atoms with E-state index in [-0.39, 0.29) is 12.1 Å². The van der Waals surface area contributed by atoms with Crippen molar-refractivity contribution >= 4 is 12.2 Å². The molecule has 1 aliphatic rings. The van der Waals surface area contributed by atoms with Gasteiger partial charge in [-0.2, -0.15) is 0 Å². The highest BCUT2D eigenvalue weighted by Gasteiger charge is 2.39. The molecule has 2 atom stereocenters. The van der Waals surface area contributed by atoms with Gasteiger partial charge in [0, 0.05) is 0 Å². The quantitative estimate of drug-likeness (QED) is 0.640. The number of hydrogen-bond donors (Lipinski definition) is 0. The molecule has 0 aromatic heterocycles. The van der Waals surface area contributed by atoms with Crippen molar-refractivity contribution in [2.45, 2.75) is 78.7 Å². The Kier molecular flexibility index (Phi) is 5.15. The van der Waals surface area contributed by atoms with Crippen LogP contribution in [0.2, 0.25) is 0 Å². The molecule has 0 bridgehead atoms. The molecular formula is C16H28N2O4. The van der Waals surface area contributed by atoms with E-state index in [4.69, 9.17) is 9.47 Å². The van der Waals surface area contributed by atoms with Crippen LogP contribution < -0.4 is 0 Å². The third-order valence-corrected chi connectivity index (χ3v) is 2.83. The van der Waals surface area contributed by atoms with Crippen molar-refractivity contribution in [1.82, 2.24) is 10.0 Å². The van der Waals surface area contributed by atoms with Crippen LogP contribution in [-0.2, 0) is 9.47 Å². The van der Waals surface area contributed by atoms with E-state index < -0.39 is 23.4 Å². The highest BCUT2D eigenvalue weighted by Crippen LogP contribution is 2.23. The highest BCUT2D eigenvalue weighted by molar-refractivity contribution is 5.76. The minimum atomic E-state index is -0.638. The molecule has 22 heavy (non-hydrogen) atoms.